The van der Waals surface area contributed by atoms with Crippen LogP contribution in [0.25, 0.3) is 0 Å². The van der Waals surface area contributed by atoms with Crippen molar-refractivity contribution in [2.45, 2.75) is 46.6 Å². The maximum atomic E-state index is 3.50. The summed E-state index contributed by atoms with van der Waals surface area (Å²) < 4.78 is 0. The van der Waals surface area contributed by atoms with Gasteiger partial charge in [-0.05, 0) is 32.4 Å². The number of nitrogens with zero attached hydrogens (tertiary/aromatic N) is 1. The monoisotopic (exact) mass is 200 g/mol. The van der Waals surface area contributed by atoms with Crippen LogP contribution in [-0.4, -0.2) is 37.6 Å². The summed E-state index contributed by atoms with van der Waals surface area (Å²) >= 11 is 0. The van der Waals surface area contributed by atoms with Gasteiger partial charge in [0.25, 0.3) is 0 Å². The molecule has 0 aromatic rings. The second-order valence-corrected chi connectivity index (χ2v) is 4.60. The Balaban J connectivity index is 3.74. The number of hydrogen-bond acceptors (Lipinski definition) is 2. The average molecular weight is 200 g/mol. The lowest BCUT2D eigenvalue weighted by Crippen LogP contribution is -2.41. The van der Waals surface area contributed by atoms with E-state index in [4.69, 9.17) is 0 Å². The van der Waals surface area contributed by atoms with Crippen LogP contribution in [0, 0.1) is 5.92 Å². The van der Waals surface area contributed by atoms with Crippen molar-refractivity contribution in [3.05, 3.63) is 0 Å². The summed E-state index contributed by atoms with van der Waals surface area (Å²) in [4.78, 5) is 2.48. The quantitative estimate of drug-likeness (QED) is 0.605. The minimum absolute atomic E-state index is 0.698. The van der Waals surface area contributed by atoms with Gasteiger partial charge in [-0.15, -0.1) is 0 Å². The normalized spacial score (nSPS) is 13.9. The fraction of sp³-hybridized carbons (Fsp3) is 1.00. The highest BCUT2D eigenvalue weighted by Crippen LogP contribution is 2.04. The van der Waals surface area contributed by atoms with Gasteiger partial charge in [-0.2, -0.15) is 0 Å². The summed E-state index contributed by atoms with van der Waals surface area (Å²) in [5.74, 6) is 0.764. The fourth-order valence-electron chi connectivity index (χ4n) is 1.78. The summed E-state index contributed by atoms with van der Waals surface area (Å²) in [5, 5.41) is 3.50. The van der Waals surface area contributed by atoms with Gasteiger partial charge in [0.15, 0.2) is 0 Å². The highest BCUT2D eigenvalue weighted by atomic mass is 15.1. The van der Waals surface area contributed by atoms with Gasteiger partial charge in [0.1, 0.15) is 0 Å². The van der Waals surface area contributed by atoms with Crippen LogP contribution in [0.15, 0.2) is 0 Å². The molecule has 2 nitrogen and oxygen atoms in total. The van der Waals surface area contributed by atoms with Gasteiger partial charge in [-0.3, -0.25) is 0 Å². The van der Waals surface area contributed by atoms with Crippen LogP contribution in [0.2, 0.25) is 0 Å². The maximum Gasteiger partial charge on any atom is 0.0215 e. The van der Waals surface area contributed by atoms with Crippen LogP contribution in [0.1, 0.15) is 40.5 Å². The van der Waals surface area contributed by atoms with Crippen LogP contribution >= 0.6 is 0 Å². The standard InChI is InChI=1S/C12H28N2/c1-6-8-13-9-12(7-2)14(5)10-11(3)4/h11-13H,6-10H2,1-5H3. The molecule has 0 bridgehead atoms. The van der Waals surface area contributed by atoms with E-state index in [0.29, 0.717) is 6.04 Å². The van der Waals surface area contributed by atoms with E-state index >= 15 is 0 Å². The summed E-state index contributed by atoms with van der Waals surface area (Å²) in [7, 11) is 2.24. The van der Waals surface area contributed by atoms with Gasteiger partial charge < -0.3 is 10.2 Å². The third-order valence-corrected chi connectivity index (χ3v) is 2.55. The first kappa shape index (κ1) is 13.9. The molecule has 1 N–H and O–H groups in total. The number of likely N-dealkylation sites (N-methyl/N-ethyl adjacent to an activating group) is 1. The van der Waals surface area contributed by atoms with E-state index in [2.05, 4.69) is 45.0 Å². The topological polar surface area (TPSA) is 15.3 Å². The maximum absolute atomic E-state index is 3.50. The Morgan fingerprint density at radius 3 is 2.29 bits per heavy atom. The van der Waals surface area contributed by atoms with Crippen molar-refractivity contribution < 1.29 is 0 Å². The summed E-state index contributed by atoms with van der Waals surface area (Å²) in [5.41, 5.74) is 0. The molecule has 1 atom stereocenters. The van der Waals surface area contributed by atoms with Gasteiger partial charge in [-0.1, -0.05) is 27.7 Å². The zero-order chi connectivity index (χ0) is 11.0. The smallest absolute Gasteiger partial charge is 0.0215 e. The number of nitrogens with one attached hydrogen (secondary N) is 1. The Bertz CT molecular complexity index is 123. The first-order chi connectivity index (χ1) is 6.61. The Labute approximate surface area is 90.1 Å². The molecule has 14 heavy (non-hydrogen) atoms. The molecule has 0 aromatic heterocycles. The first-order valence-electron chi connectivity index (χ1n) is 6.02. The molecule has 0 spiro atoms. The second-order valence-electron chi connectivity index (χ2n) is 4.60. The molecular formula is C12H28N2. The number of hydrogen-bond donors (Lipinski definition) is 1. The van der Waals surface area contributed by atoms with Crippen LogP contribution in [0.5, 0.6) is 0 Å². The Kier molecular flexibility index (Phi) is 8.20. The Hall–Kier alpha value is -0.0800. The van der Waals surface area contributed by atoms with Gasteiger partial charge in [0.2, 0.25) is 0 Å². The molecule has 0 rings (SSSR count). The van der Waals surface area contributed by atoms with Gasteiger partial charge in [0, 0.05) is 19.1 Å². The SMILES string of the molecule is CCCNCC(CC)N(C)CC(C)C. The molecule has 0 saturated heterocycles. The van der Waals surface area contributed by atoms with Crippen molar-refractivity contribution in [3.8, 4) is 0 Å². The highest BCUT2D eigenvalue weighted by molar-refractivity contribution is 4.70. The van der Waals surface area contributed by atoms with Crippen molar-refractivity contribution in [1.29, 1.82) is 0 Å². The fourth-order valence-corrected chi connectivity index (χ4v) is 1.78. The van der Waals surface area contributed by atoms with E-state index in [1.165, 1.54) is 19.4 Å². The van der Waals surface area contributed by atoms with Crippen molar-refractivity contribution >= 4 is 0 Å². The predicted octanol–water partition coefficient (Wildman–Crippen LogP) is 2.35. The molecule has 86 valence electrons. The predicted molar refractivity (Wildman–Crippen MR) is 64.7 cm³/mol. The summed E-state index contributed by atoms with van der Waals surface area (Å²) in [6.45, 7) is 12.5. The zero-order valence-corrected chi connectivity index (χ0v) is 10.6. The third-order valence-electron chi connectivity index (χ3n) is 2.55. The largest absolute Gasteiger partial charge is 0.315 e. The third kappa shape index (κ3) is 6.39. The molecule has 0 saturated carbocycles. The second kappa shape index (κ2) is 8.25. The molecule has 0 aliphatic carbocycles. The van der Waals surface area contributed by atoms with Gasteiger partial charge in [0.05, 0.1) is 0 Å². The lowest BCUT2D eigenvalue weighted by molar-refractivity contribution is 0.207. The average Bonchev–Trinajstić information content (AvgIpc) is 2.11. The van der Waals surface area contributed by atoms with Crippen LogP contribution in [-0.2, 0) is 0 Å². The molecule has 0 radical (unpaired) electrons. The van der Waals surface area contributed by atoms with E-state index in [0.717, 1.165) is 19.0 Å². The van der Waals surface area contributed by atoms with Crippen LogP contribution in [0.3, 0.4) is 0 Å². The Morgan fingerprint density at radius 2 is 1.86 bits per heavy atom. The molecule has 0 aromatic carbocycles. The van der Waals surface area contributed by atoms with Crippen molar-refractivity contribution in [2.75, 3.05) is 26.7 Å². The molecule has 0 amide bonds. The molecule has 1 unspecified atom stereocenters. The van der Waals surface area contributed by atoms with E-state index in [9.17, 15) is 0 Å². The van der Waals surface area contributed by atoms with Crippen molar-refractivity contribution in [2.24, 2.45) is 5.92 Å². The summed E-state index contributed by atoms with van der Waals surface area (Å²) in [6, 6.07) is 0.698. The molecule has 2 heteroatoms. The zero-order valence-electron chi connectivity index (χ0n) is 10.6. The van der Waals surface area contributed by atoms with Gasteiger partial charge in [-0.25, -0.2) is 0 Å². The molecule has 0 aliphatic heterocycles. The molecule has 0 aliphatic rings. The van der Waals surface area contributed by atoms with E-state index in [1.54, 1.807) is 0 Å². The van der Waals surface area contributed by atoms with Crippen molar-refractivity contribution in [3.63, 3.8) is 0 Å². The van der Waals surface area contributed by atoms with Crippen molar-refractivity contribution in [1.82, 2.24) is 10.2 Å². The minimum atomic E-state index is 0.698. The lowest BCUT2D eigenvalue weighted by Gasteiger charge is -2.28. The lowest BCUT2D eigenvalue weighted by atomic mass is 10.1. The molecule has 0 heterocycles. The molecular weight excluding hydrogens is 172 g/mol. The van der Waals surface area contributed by atoms with Gasteiger partial charge >= 0.3 is 0 Å². The molecule has 0 fully saturated rings. The van der Waals surface area contributed by atoms with E-state index in [1.807, 2.05) is 0 Å². The van der Waals surface area contributed by atoms with Crippen LogP contribution < -0.4 is 5.32 Å². The van der Waals surface area contributed by atoms with E-state index in [-0.39, 0.29) is 0 Å². The summed E-state index contributed by atoms with van der Waals surface area (Å²) in [6.07, 6.45) is 2.46. The first-order valence-corrected chi connectivity index (χ1v) is 6.02. The Morgan fingerprint density at radius 1 is 1.21 bits per heavy atom. The van der Waals surface area contributed by atoms with E-state index < -0.39 is 0 Å². The van der Waals surface area contributed by atoms with Crippen LogP contribution in [0.4, 0.5) is 0 Å². The number of rotatable bonds is 8. The highest BCUT2D eigenvalue weighted by Gasteiger charge is 2.12. The minimum Gasteiger partial charge on any atom is -0.315 e.